The molecular weight excluding hydrogens is 458 g/mol. The largest absolute Gasteiger partial charge is 0.481 e. The van der Waals surface area contributed by atoms with Gasteiger partial charge in [0.05, 0.1) is 25.3 Å². The quantitative estimate of drug-likeness (QED) is 0.498. The molecule has 0 spiro atoms. The van der Waals surface area contributed by atoms with Gasteiger partial charge in [-0.3, -0.25) is 0 Å². The van der Waals surface area contributed by atoms with Crippen molar-refractivity contribution >= 4 is 26.8 Å². The monoisotopic (exact) mass is 487 g/mol. The lowest BCUT2D eigenvalue weighted by atomic mass is 9.76. The first-order chi connectivity index (χ1) is 14.7. The van der Waals surface area contributed by atoms with E-state index in [0.717, 1.165) is 32.2 Å². The van der Waals surface area contributed by atoms with Crippen molar-refractivity contribution in [2.24, 2.45) is 0 Å². The molecule has 2 heterocycles. The van der Waals surface area contributed by atoms with Crippen molar-refractivity contribution in [2.45, 2.75) is 31.8 Å². The Hall–Kier alpha value is -2.22. The lowest BCUT2D eigenvalue weighted by Gasteiger charge is -2.36. The van der Waals surface area contributed by atoms with Crippen LogP contribution in [0.25, 0.3) is 10.9 Å². The Morgan fingerprint density at radius 3 is 2.48 bits per heavy atom. The smallest absolute Gasteiger partial charge is 0.217 e. The molecule has 31 heavy (non-hydrogen) atoms. The van der Waals surface area contributed by atoms with E-state index in [4.69, 9.17) is 14.5 Å². The number of hydrogen-bond donors (Lipinski definition) is 1. The molecule has 1 aromatic carbocycles. The van der Waals surface area contributed by atoms with Crippen LogP contribution in [0, 0.1) is 6.92 Å². The summed E-state index contributed by atoms with van der Waals surface area (Å²) in [6.07, 6.45) is 0.521. The van der Waals surface area contributed by atoms with E-state index in [0.29, 0.717) is 24.7 Å². The van der Waals surface area contributed by atoms with Crippen LogP contribution in [0.4, 0.5) is 0 Å². The molecule has 3 aromatic rings. The number of methoxy groups -OCH3 is 2. The number of pyridine rings is 2. The van der Waals surface area contributed by atoms with Crippen LogP contribution in [0.15, 0.2) is 40.9 Å². The van der Waals surface area contributed by atoms with E-state index in [2.05, 4.69) is 31.9 Å². The number of nitrogens with zero attached hydrogens (tertiary/aromatic N) is 3. The first kappa shape index (κ1) is 23.4. The van der Waals surface area contributed by atoms with Gasteiger partial charge in [-0.25, -0.2) is 9.97 Å². The lowest BCUT2D eigenvalue weighted by Crippen LogP contribution is -2.36. The second-order valence-electron chi connectivity index (χ2n) is 8.16. The number of ether oxygens (including phenoxy) is 2. The zero-order chi connectivity index (χ0) is 22.8. The van der Waals surface area contributed by atoms with Gasteiger partial charge in [0, 0.05) is 39.6 Å². The van der Waals surface area contributed by atoms with Crippen LogP contribution in [0.2, 0.25) is 0 Å². The fraction of sp³-hybridized carbons (Fsp3) is 0.417. The average Bonchev–Trinajstić information content (AvgIpc) is 2.75. The van der Waals surface area contributed by atoms with Crippen molar-refractivity contribution in [1.82, 2.24) is 14.9 Å². The summed E-state index contributed by atoms with van der Waals surface area (Å²) in [5.41, 5.74) is 2.07. The van der Waals surface area contributed by atoms with Crippen molar-refractivity contribution in [3.63, 3.8) is 0 Å². The highest BCUT2D eigenvalue weighted by atomic mass is 79.9. The maximum atomic E-state index is 12.1. The SMILES string of the molecule is COc1cc(C(O)(CCN(C)C)C(C)c2cc3cc(Br)ccc3nc2OC)cc(C)n1. The third kappa shape index (κ3) is 5.00. The standard InChI is InChI=1S/C24H30BrN3O3/c1-15-11-18(14-22(26-15)30-5)24(29,9-10-28(3)4)16(2)20-13-17-12-19(25)7-8-21(17)27-23(20)31-6/h7-8,11-14,16,29H,9-10H2,1-6H3. The van der Waals surface area contributed by atoms with E-state index in [-0.39, 0.29) is 5.92 Å². The molecule has 0 amide bonds. The highest BCUT2D eigenvalue weighted by Gasteiger charge is 2.39. The summed E-state index contributed by atoms with van der Waals surface area (Å²) in [5, 5.41) is 13.1. The summed E-state index contributed by atoms with van der Waals surface area (Å²) in [5.74, 6) is 0.700. The number of aryl methyl sites for hydroxylation is 1. The van der Waals surface area contributed by atoms with Gasteiger partial charge in [-0.05, 0) is 63.3 Å². The Labute approximate surface area is 192 Å². The number of aliphatic hydroxyl groups is 1. The Kier molecular flexibility index (Phi) is 7.19. The van der Waals surface area contributed by atoms with Crippen molar-refractivity contribution in [2.75, 3.05) is 34.9 Å². The molecule has 0 radical (unpaired) electrons. The Morgan fingerprint density at radius 2 is 1.84 bits per heavy atom. The van der Waals surface area contributed by atoms with E-state index in [1.54, 1.807) is 14.2 Å². The lowest BCUT2D eigenvalue weighted by molar-refractivity contribution is -0.00283. The van der Waals surface area contributed by atoms with Crippen molar-refractivity contribution in [3.8, 4) is 11.8 Å². The molecule has 0 bridgehead atoms. The maximum Gasteiger partial charge on any atom is 0.217 e. The normalized spacial score (nSPS) is 14.5. The zero-order valence-electron chi connectivity index (χ0n) is 18.9. The topological polar surface area (TPSA) is 67.7 Å². The molecule has 7 heteroatoms. The molecule has 2 aromatic heterocycles. The minimum absolute atomic E-state index is 0.301. The minimum atomic E-state index is -1.18. The predicted molar refractivity (Wildman–Crippen MR) is 127 cm³/mol. The molecule has 2 unspecified atom stereocenters. The van der Waals surface area contributed by atoms with Crippen LogP contribution in [0.1, 0.15) is 36.1 Å². The number of fused-ring (bicyclic) bond motifs is 1. The second-order valence-corrected chi connectivity index (χ2v) is 9.08. The number of benzene rings is 1. The van der Waals surface area contributed by atoms with E-state index in [9.17, 15) is 5.11 Å². The van der Waals surface area contributed by atoms with Crippen LogP contribution in [0.5, 0.6) is 11.8 Å². The Balaban J connectivity index is 2.18. The van der Waals surface area contributed by atoms with E-state index in [1.807, 2.05) is 58.3 Å². The first-order valence-corrected chi connectivity index (χ1v) is 11.0. The van der Waals surface area contributed by atoms with Crippen LogP contribution >= 0.6 is 15.9 Å². The summed E-state index contributed by atoms with van der Waals surface area (Å²) in [4.78, 5) is 11.2. The summed E-state index contributed by atoms with van der Waals surface area (Å²) in [6, 6.07) is 11.7. The molecule has 0 aliphatic rings. The van der Waals surface area contributed by atoms with Gasteiger partial charge in [0.25, 0.3) is 0 Å². The Morgan fingerprint density at radius 1 is 1.10 bits per heavy atom. The van der Waals surface area contributed by atoms with Gasteiger partial charge in [-0.2, -0.15) is 0 Å². The number of aromatic nitrogens is 2. The zero-order valence-corrected chi connectivity index (χ0v) is 20.5. The van der Waals surface area contributed by atoms with E-state index in [1.165, 1.54) is 0 Å². The van der Waals surface area contributed by atoms with E-state index >= 15 is 0 Å². The van der Waals surface area contributed by atoms with Crippen LogP contribution in [-0.4, -0.2) is 54.8 Å². The van der Waals surface area contributed by atoms with Gasteiger partial charge in [-0.15, -0.1) is 0 Å². The molecule has 0 aliphatic heterocycles. The summed E-state index contributed by atoms with van der Waals surface area (Å²) >= 11 is 3.54. The van der Waals surface area contributed by atoms with Crippen LogP contribution in [0.3, 0.4) is 0 Å². The highest BCUT2D eigenvalue weighted by molar-refractivity contribution is 9.10. The van der Waals surface area contributed by atoms with Gasteiger partial charge in [-0.1, -0.05) is 22.9 Å². The fourth-order valence-corrected chi connectivity index (χ4v) is 4.25. The van der Waals surface area contributed by atoms with Gasteiger partial charge in [0.2, 0.25) is 11.8 Å². The highest BCUT2D eigenvalue weighted by Crippen LogP contribution is 2.44. The van der Waals surface area contributed by atoms with Crippen LogP contribution < -0.4 is 9.47 Å². The average molecular weight is 488 g/mol. The molecule has 3 rings (SSSR count). The summed E-state index contributed by atoms with van der Waals surface area (Å²) in [7, 11) is 7.20. The summed E-state index contributed by atoms with van der Waals surface area (Å²) < 4.78 is 12.0. The molecule has 2 atom stereocenters. The first-order valence-electron chi connectivity index (χ1n) is 10.2. The maximum absolute atomic E-state index is 12.1. The number of rotatable bonds is 8. The minimum Gasteiger partial charge on any atom is -0.481 e. The third-order valence-electron chi connectivity index (χ3n) is 5.72. The van der Waals surface area contributed by atoms with Crippen LogP contribution in [-0.2, 0) is 5.60 Å². The predicted octanol–water partition coefficient (Wildman–Crippen LogP) is 4.66. The van der Waals surface area contributed by atoms with Gasteiger partial charge >= 0.3 is 0 Å². The molecule has 1 N–H and O–H groups in total. The molecule has 166 valence electrons. The summed E-state index contributed by atoms with van der Waals surface area (Å²) in [6.45, 7) is 4.62. The molecule has 0 saturated carbocycles. The third-order valence-corrected chi connectivity index (χ3v) is 6.22. The number of halogens is 1. The Bertz CT molecular complexity index is 1070. The molecule has 0 saturated heterocycles. The van der Waals surface area contributed by atoms with Gasteiger partial charge in [0.1, 0.15) is 0 Å². The molecule has 6 nitrogen and oxygen atoms in total. The van der Waals surface area contributed by atoms with Crippen molar-refractivity contribution in [1.29, 1.82) is 0 Å². The van der Waals surface area contributed by atoms with E-state index < -0.39 is 5.60 Å². The van der Waals surface area contributed by atoms with Crippen molar-refractivity contribution < 1.29 is 14.6 Å². The second kappa shape index (κ2) is 9.51. The van der Waals surface area contributed by atoms with Crippen molar-refractivity contribution in [3.05, 3.63) is 57.7 Å². The van der Waals surface area contributed by atoms with Gasteiger partial charge in [0.15, 0.2) is 0 Å². The molecular formula is C24H30BrN3O3. The van der Waals surface area contributed by atoms with Gasteiger partial charge < -0.3 is 19.5 Å². The number of hydrogen-bond acceptors (Lipinski definition) is 6. The fourth-order valence-electron chi connectivity index (χ4n) is 3.87. The molecule has 0 fully saturated rings. The molecule has 0 aliphatic carbocycles.